The van der Waals surface area contributed by atoms with Gasteiger partial charge in [0.25, 0.3) is 0 Å². The van der Waals surface area contributed by atoms with Gasteiger partial charge in [0.15, 0.2) is 0 Å². The molecule has 0 radical (unpaired) electrons. The van der Waals surface area contributed by atoms with Crippen molar-refractivity contribution in [1.82, 2.24) is 0 Å². The number of benzene rings is 1. The van der Waals surface area contributed by atoms with Gasteiger partial charge in [0.05, 0.1) is 0 Å². The summed E-state index contributed by atoms with van der Waals surface area (Å²) in [5, 5.41) is 1.66. The van der Waals surface area contributed by atoms with Crippen molar-refractivity contribution in [1.29, 1.82) is 0 Å². The third-order valence-electron chi connectivity index (χ3n) is 1.27. The Morgan fingerprint density at radius 3 is 2.45 bits per heavy atom. The summed E-state index contributed by atoms with van der Waals surface area (Å²) in [5.41, 5.74) is 1.17. The fourth-order valence-corrected chi connectivity index (χ4v) is 1.07. The first kappa shape index (κ1) is 8.82. The van der Waals surface area contributed by atoms with E-state index in [1.54, 1.807) is 0 Å². The van der Waals surface area contributed by atoms with Crippen molar-refractivity contribution in [3.8, 4) is 0 Å². The zero-order valence-electron chi connectivity index (χ0n) is 5.93. The third-order valence-corrected chi connectivity index (χ3v) is 1.90. The summed E-state index contributed by atoms with van der Waals surface area (Å²) in [7, 11) is 0. The minimum atomic E-state index is 0.779. The van der Waals surface area contributed by atoms with E-state index in [0.717, 1.165) is 10.4 Å². The van der Waals surface area contributed by atoms with Gasteiger partial charge in [-0.15, -0.1) is 0 Å². The van der Waals surface area contributed by atoms with E-state index >= 15 is 0 Å². The van der Waals surface area contributed by atoms with E-state index < -0.39 is 0 Å². The molecule has 0 saturated carbocycles. The van der Waals surface area contributed by atoms with Gasteiger partial charge >= 0.3 is 0 Å². The van der Waals surface area contributed by atoms with Gasteiger partial charge in [0, 0.05) is 10.4 Å². The molecular weight excluding hydrogens is 223 g/mol. The van der Waals surface area contributed by atoms with Gasteiger partial charge in [0.1, 0.15) is 0 Å². The van der Waals surface area contributed by atoms with Gasteiger partial charge in [-0.1, -0.05) is 51.8 Å². The molecule has 0 unspecified atom stereocenters. The number of rotatable bonds is 2. The van der Waals surface area contributed by atoms with Gasteiger partial charge < -0.3 is 0 Å². The average molecular weight is 232 g/mol. The lowest BCUT2D eigenvalue weighted by atomic mass is 10.2. The lowest BCUT2D eigenvalue weighted by Crippen LogP contribution is -1.70. The maximum Gasteiger partial charge on any atom is 0.0406 e. The van der Waals surface area contributed by atoms with Gasteiger partial charge in [-0.3, -0.25) is 0 Å². The molecule has 1 rings (SSSR count). The SMILES string of the molecule is Clc1ccc(/C=C/CBr)cc1. The van der Waals surface area contributed by atoms with Crippen molar-refractivity contribution >= 4 is 33.6 Å². The zero-order valence-corrected chi connectivity index (χ0v) is 8.27. The molecule has 0 spiro atoms. The second kappa shape index (κ2) is 4.58. The minimum absolute atomic E-state index is 0.779. The van der Waals surface area contributed by atoms with Gasteiger partial charge in [0.2, 0.25) is 0 Å². The van der Waals surface area contributed by atoms with Crippen molar-refractivity contribution in [2.24, 2.45) is 0 Å². The monoisotopic (exact) mass is 230 g/mol. The zero-order chi connectivity index (χ0) is 8.10. The van der Waals surface area contributed by atoms with E-state index in [1.807, 2.05) is 36.4 Å². The molecule has 1 aromatic carbocycles. The standard InChI is InChI=1S/C9H8BrCl/c10-7-1-2-8-3-5-9(11)6-4-8/h1-6H,7H2/b2-1+. The molecule has 0 amide bonds. The van der Waals surface area contributed by atoms with Crippen LogP contribution in [0.3, 0.4) is 0 Å². The molecule has 0 aliphatic rings. The molecule has 0 atom stereocenters. The van der Waals surface area contributed by atoms with E-state index in [0.29, 0.717) is 0 Å². The first-order valence-electron chi connectivity index (χ1n) is 3.31. The summed E-state index contributed by atoms with van der Waals surface area (Å²) in [6, 6.07) is 7.74. The van der Waals surface area contributed by atoms with Crippen LogP contribution in [0, 0.1) is 0 Å². The molecule has 58 valence electrons. The molecule has 0 aliphatic heterocycles. The number of hydrogen-bond donors (Lipinski definition) is 0. The Balaban J connectivity index is 2.73. The minimum Gasteiger partial charge on any atom is -0.0883 e. The number of allylic oxidation sites excluding steroid dienone is 1. The van der Waals surface area contributed by atoms with Crippen LogP contribution in [0.25, 0.3) is 6.08 Å². The summed E-state index contributed by atoms with van der Waals surface area (Å²) >= 11 is 9.02. The highest BCUT2D eigenvalue weighted by Crippen LogP contribution is 2.10. The first-order valence-corrected chi connectivity index (χ1v) is 4.81. The highest BCUT2D eigenvalue weighted by atomic mass is 79.9. The fourth-order valence-electron chi connectivity index (χ4n) is 0.755. The Labute approximate surface area is 80.0 Å². The Bertz CT molecular complexity index is 238. The molecule has 0 bridgehead atoms. The van der Waals surface area contributed by atoms with E-state index in [-0.39, 0.29) is 0 Å². The van der Waals surface area contributed by atoms with E-state index in [4.69, 9.17) is 11.6 Å². The normalized spacial score (nSPS) is 10.7. The Kier molecular flexibility index (Phi) is 3.67. The van der Waals surface area contributed by atoms with Crippen LogP contribution in [0.1, 0.15) is 5.56 Å². The maximum absolute atomic E-state index is 5.71. The second-order valence-electron chi connectivity index (χ2n) is 2.11. The highest BCUT2D eigenvalue weighted by molar-refractivity contribution is 9.09. The Morgan fingerprint density at radius 2 is 1.91 bits per heavy atom. The fraction of sp³-hybridized carbons (Fsp3) is 0.111. The molecule has 0 heterocycles. The molecule has 0 fully saturated rings. The van der Waals surface area contributed by atoms with Crippen molar-refractivity contribution < 1.29 is 0 Å². The summed E-state index contributed by atoms with van der Waals surface area (Å²) in [4.78, 5) is 0. The van der Waals surface area contributed by atoms with E-state index in [9.17, 15) is 0 Å². The molecule has 0 aromatic heterocycles. The van der Waals surface area contributed by atoms with E-state index in [2.05, 4.69) is 15.9 Å². The number of hydrogen-bond acceptors (Lipinski definition) is 0. The number of halogens is 2. The summed E-state index contributed by atoms with van der Waals surface area (Å²) in [6.07, 6.45) is 4.09. The first-order chi connectivity index (χ1) is 5.33. The quantitative estimate of drug-likeness (QED) is 0.680. The molecule has 0 N–H and O–H groups in total. The van der Waals surface area contributed by atoms with Crippen molar-refractivity contribution in [2.45, 2.75) is 0 Å². The number of alkyl halides is 1. The molecule has 0 saturated heterocycles. The van der Waals surface area contributed by atoms with Crippen LogP contribution in [0.2, 0.25) is 5.02 Å². The van der Waals surface area contributed by atoms with Crippen LogP contribution in [0.4, 0.5) is 0 Å². The molecule has 2 heteroatoms. The summed E-state index contributed by atoms with van der Waals surface area (Å²) < 4.78 is 0. The lowest BCUT2D eigenvalue weighted by Gasteiger charge is -1.91. The average Bonchev–Trinajstić information content (AvgIpc) is 2.04. The van der Waals surface area contributed by atoms with Crippen LogP contribution in [-0.2, 0) is 0 Å². The second-order valence-corrected chi connectivity index (χ2v) is 3.19. The summed E-state index contributed by atoms with van der Waals surface area (Å²) in [6.45, 7) is 0. The van der Waals surface area contributed by atoms with Crippen LogP contribution in [-0.4, -0.2) is 5.33 Å². The Hall–Kier alpha value is -0.270. The highest BCUT2D eigenvalue weighted by Gasteiger charge is 1.85. The molecular formula is C9H8BrCl. The van der Waals surface area contributed by atoms with Crippen molar-refractivity contribution in [3.63, 3.8) is 0 Å². The molecule has 0 nitrogen and oxygen atoms in total. The van der Waals surface area contributed by atoms with Gasteiger partial charge in [-0.2, -0.15) is 0 Å². The van der Waals surface area contributed by atoms with Crippen LogP contribution >= 0.6 is 27.5 Å². The molecule has 0 aliphatic carbocycles. The molecule has 1 aromatic rings. The topological polar surface area (TPSA) is 0 Å². The predicted octanol–water partition coefficient (Wildman–Crippen LogP) is 3.75. The maximum atomic E-state index is 5.71. The largest absolute Gasteiger partial charge is 0.0883 e. The molecule has 11 heavy (non-hydrogen) atoms. The van der Waals surface area contributed by atoms with E-state index in [1.165, 1.54) is 5.56 Å². The van der Waals surface area contributed by atoms with Crippen LogP contribution < -0.4 is 0 Å². The predicted molar refractivity (Wildman–Crippen MR) is 54.3 cm³/mol. The van der Waals surface area contributed by atoms with Crippen molar-refractivity contribution in [2.75, 3.05) is 5.33 Å². The third kappa shape index (κ3) is 3.08. The van der Waals surface area contributed by atoms with Gasteiger partial charge in [-0.25, -0.2) is 0 Å². The smallest absolute Gasteiger partial charge is 0.0406 e. The summed E-state index contributed by atoms with van der Waals surface area (Å²) in [5.74, 6) is 0. The Morgan fingerprint density at radius 1 is 1.27 bits per heavy atom. The van der Waals surface area contributed by atoms with Crippen LogP contribution in [0.5, 0.6) is 0 Å². The van der Waals surface area contributed by atoms with Crippen molar-refractivity contribution in [3.05, 3.63) is 40.9 Å². The van der Waals surface area contributed by atoms with Gasteiger partial charge in [-0.05, 0) is 17.7 Å². The lowest BCUT2D eigenvalue weighted by molar-refractivity contribution is 1.65. The van der Waals surface area contributed by atoms with Crippen LogP contribution in [0.15, 0.2) is 30.3 Å².